The molecule has 0 radical (unpaired) electrons. The first-order chi connectivity index (χ1) is 9.59. The van der Waals surface area contributed by atoms with Gasteiger partial charge in [0.15, 0.2) is 5.78 Å². The summed E-state index contributed by atoms with van der Waals surface area (Å²) in [7, 11) is 0. The third-order valence-corrected chi connectivity index (χ3v) is 7.25. The summed E-state index contributed by atoms with van der Waals surface area (Å²) in [4.78, 5) is 11.6. The van der Waals surface area contributed by atoms with Gasteiger partial charge in [-0.05, 0) is 80.1 Å². The molecule has 20 heavy (non-hydrogen) atoms. The van der Waals surface area contributed by atoms with E-state index in [1.807, 2.05) is 6.08 Å². The number of aliphatic hydroxyl groups is 1. The highest BCUT2D eigenvalue weighted by Gasteiger charge is 2.55. The van der Waals surface area contributed by atoms with Crippen molar-refractivity contribution >= 4 is 5.78 Å². The fourth-order valence-electron chi connectivity index (χ4n) is 6.15. The van der Waals surface area contributed by atoms with Crippen molar-refractivity contribution in [2.45, 2.75) is 64.4 Å². The zero-order chi connectivity index (χ0) is 13.9. The number of hydrogen-bond donors (Lipinski definition) is 1. The van der Waals surface area contributed by atoms with Gasteiger partial charge in [-0.25, -0.2) is 0 Å². The first-order valence-electron chi connectivity index (χ1n) is 8.51. The lowest BCUT2D eigenvalue weighted by atomic mass is 9.52. The van der Waals surface area contributed by atoms with Crippen LogP contribution in [0.3, 0.4) is 0 Å². The average molecular weight is 274 g/mol. The van der Waals surface area contributed by atoms with Gasteiger partial charge in [-0.2, -0.15) is 0 Å². The minimum absolute atomic E-state index is 0.0710. The Hall–Kier alpha value is -0.630. The van der Waals surface area contributed by atoms with Crippen molar-refractivity contribution < 1.29 is 9.90 Å². The molecule has 1 N–H and O–H groups in total. The van der Waals surface area contributed by atoms with E-state index in [1.54, 1.807) is 0 Å². The van der Waals surface area contributed by atoms with E-state index < -0.39 is 0 Å². The molecule has 110 valence electrons. The molecule has 4 aliphatic rings. The normalized spacial score (nSPS) is 51.0. The van der Waals surface area contributed by atoms with Gasteiger partial charge in [0, 0.05) is 6.42 Å². The summed E-state index contributed by atoms with van der Waals surface area (Å²) in [6, 6.07) is 0. The van der Waals surface area contributed by atoms with Crippen LogP contribution in [0.2, 0.25) is 0 Å². The minimum atomic E-state index is -0.0710. The topological polar surface area (TPSA) is 37.3 Å². The van der Waals surface area contributed by atoms with E-state index in [1.165, 1.54) is 31.3 Å². The molecule has 3 fully saturated rings. The molecular formula is C18H26O2. The molecule has 3 saturated carbocycles. The van der Waals surface area contributed by atoms with Crippen LogP contribution in [0.5, 0.6) is 0 Å². The van der Waals surface area contributed by atoms with Crippen molar-refractivity contribution in [3.63, 3.8) is 0 Å². The predicted octanol–water partition coefficient (Wildman–Crippen LogP) is 3.49. The Balaban J connectivity index is 1.63. The number of rotatable bonds is 0. The summed E-state index contributed by atoms with van der Waals surface area (Å²) in [5.41, 5.74) is 1.65. The average Bonchev–Trinajstić information content (AvgIpc) is 2.74. The Kier molecular flexibility index (Phi) is 2.89. The molecule has 0 aromatic heterocycles. The van der Waals surface area contributed by atoms with E-state index in [0.29, 0.717) is 11.7 Å². The summed E-state index contributed by atoms with van der Waals surface area (Å²) in [6.07, 6.45) is 10.9. The van der Waals surface area contributed by atoms with Crippen LogP contribution in [0, 0.1) is 29.1 Å². The maximum atomic E-state index is 11.6. The molecule has 0 amide bonds. The molecule has 0 aromatic rings. The third-order valence-electron chi connectivity index (χ3n) is 7.25. The van der Waals surface area contributed by atoms with E-state index in [2.05, 4.69) is 6.92 Å². The molecule has 0 spiro atoms. The number of carbonyl (C=O) groups is 1. The number of hydrogen-bond acceptors (Lipinski definition) is 2. The highest BCUT2D eigenvalue weighted by molar-refractivity contribution is 5.91. The standard InChI is InChI=1S/C18H26O2/c1-18-9-8-14-13-5-3-12(19)10-11(13)2-4-15(14)16(18)6-7-17(18)20/h10,13-17,20H,2-9H2,1H3/t13?,14?,15-,16-,17+,18-/m0/s1. The van der Waals surface area contributed by atoms with Crippen LogP contribution in [0.1, 0.15) is 58.3 Å². The second-order valence-electron chi connectivity index (χ2n) is 7.94. The van der Waals surface area contributed by atoms with Gasteiger partial charge in [-0.15, -0.1) is 0 Å². The lowest BCUT2D eigenvalue weighted by Crippen LogP contribution is -2.47. The second kappa shape index (κ2) is 4.43. The largest absolute Gasteiger partial charge is 0.393 e. The van der Waals surface area contributed by atoms with Crippen LogP contribution in [0.25, 0.3) is 0 Å². The van der Waals surface area contributed by atoms with Crippen molar-refractivity contribution in [2.24, 2.45) is 29.1 Å². The Labute approximate surface area is 121 Å². The Morgan fingerprint density at radius 1 is 1.10 bits per heavy atom. The molecule has 0 aromatic carbocycles. The number of carbonyl (C=O) groups excluding carboxylic acids is 1. The van der Waals surface area contributed by atoms with E-state index in [0.717, 1.165) is 43.4 Å². The summed E-state index contributed by atoms with van der Waals surface area (Å²) >= 11 is 0. The molecule has 0 saturated heterocycles. The van der Waals surface area contributed by atoms with Crippen molar-refractivity contribution in [3.8, 4) is 0 Å². The van der Waals surface area contributed by atoms with Crippen molar-refractivity contribution in [1.82, 2.24) is 0 Å². The molecule has 2 nitrogen and oxygen atoms in total. The summed E-state index contributed by atoms with van der Waals surface area (Å²) in [5, 5.41) is 10.4. The first kappa shape index (κ1) is 13.1. The Morgan fingerprint density at radius 2 is 1.95 bits per heavy atom. The van der Waals surface area contributed by atoms with Crippen LogP contribution in [-0.2, 0) is 4.79 Å². The maximum Gasteiger partial charge on any atom is 0.155 e. The van der Waals surface area contributed by atoms with Crippen LogP contribution in [0.15, 0.2) is 11.6 Å². The maximum absolute atomic E-state index is 11.6. The quantitative estimate of drug-likeness (QED) is 0.734. The van der Waals surface area contributed by atoms with E-state index in [9.17, 15) is 9.90 Å². The molecule has 0 bridgehead atoms. The number of allylic oxidation sites excluding steroid dienone is 1. The van der Waals surface area contributed by atoms with Crippen molar-refractivity contribution in [2.75, 3.05) is 0 Å². The number of aliphatic hydroxyl groups excluding tert-OH is 1. The predicted molar refractivity (Wildman–Crippen MR) is 78.1 cm³/mol. The van der Waals surface area contributed by atoms with E-state index >= 15 is 0 Å². The van der Waals surface area contributed by atoms with Crippen LogP contribution in [-0.4, -0.2) is 17.0 Å². The van der Waals surface area contributed by atoms with Crippen LogP contribution in [0.4, 0.5) is 0 Å². The fraction of sp³-hybridized carbons (Fsp3) is 0.833. The molecule has 6 atom stereocenters. The SMILES string of the molecule is C[C@]12CCC3C4CCC(=O)C=C4CC[C@@H]3[C@@H]1CC[C@H]2O. The van der Waals surface area contributed by atoms with Gasteiger partial charge in [0.2, 0.25) is 0 Å². The van der Waals surface area contributed by atoms with E-state index in [4.69, 9.17) is 0 Å². The second-order valence-corrected chi connectivity index (χ2v) is 7.94. The summed E-state index contributed by atoms with van der Waals surface area (Å²) < 4.78 is 0. The van der Waals surface area contributed by atoms with Gasteiger partial charge < -0.3 is 5.11 Å². The minimum Gasteiger partial charge on any atom is -0.393 e. The highest BCUT2D eigenvalue weighted by atomic mass is 16.3. The molecule has 4 rings (SSSR count). The van der Waals surface area contributed by atoms with Crippen molar-refractivity contribution in [3.05, 3.63) is 11.6 Å². The summed E-state index contributed by atoms with van der Waals surface area (Å²) in [5.74, 6) is 3.38. The molecular weight excluding hydrogens is 248 g/mol. The zero-order valence-corrected chi connectivity index (χ0v) is 12.5. The van der Waals surface area contributed by atoms with Gasteiger partial charge >= 0.3 is 0 Å². The van der Waals surface area contributed by atoms with Crippen LogP contribution >= 0.6 is 0 Å². The van der Waals surface area contributed by atoms with Gasteiger partial charge in [0.1, 0.15) is 0 Å². The summed E-state index contributed by atoms with van der Waals surface area (Å²) in [6.45, 7) is 2.33. The van der Waals surface area contributed by atoms with E-state index in [-0.39, 0.29) is 11.5 Å². The van der Waals surface area contributed by atoms with Gasteiger partial charge in [-0.3, -0.25) is 4.79 Å². The molecule has 2 unspecified atom stereocenters. The number of fused-ring (bicyclic) bond motifs is 5. The first-order valence-corrected chi connectivity index (χ1v) is 8.51. The van der Waals surface area contributed by atoms with Crippen LogP contribution < -0.4 is 0 Å². The lowest BCUT2D eigenvalue weighted by molar-refractivity contribution is -0.116. The molecule has 2 heteroatoms. The lowest BCUT2D eigenvalue weighted by Gasteiger charge is -2.53. The zero-order valence-electron chi connectivity index (χ0n) is 12.5. The Morgan fingerprint density at radius 3 is 2.80 bits per heavy atom. The molecule has 4 aliphatic carbocycles. The fourth-order valence-corrected chi connectivity index (χ4v) is 6.15. The van der Waals surface area contributed by atoms with Gasteiger partial charge in [0.25, 0.3) is 0 Å². The third kappa shape index (κ3) is 1.70. The monoisotopic (exact) mass is 274 g/mol. The highest BCUT2D eigenvalue weighted by Crippen LogP contribution is 2.61. The smallest absolute Gasteiger partial charge is 0.155 e. The Bertz CT molecular complexity index is 466. The van der Waals surface area contributed by atoms with Gasteiger partial charge in [-0.1, -0.05) is 12.5 Å². The van der Waals surface area contributed by atoms with Crippen molar-refractivity contribution in [1.29, 1.82) is 0 Å². The molecule has 0 aliphatic heterocycles. The molecule has 0 heterocycles. The number of ketones is 1. The van der Waals surface area contributed by atoms with Gasteiger partial charge in [0.05, 0.1) is 6.10 Å².